The Morgan fingerprint density at radius 3 is 2.80 bits per heavy atom. The molecule has 1 aromatic heterocycles. The zero-order chi connectivity index (χ0) is 22.1. The Morgan fingerprint density at radius 2 is 2.20 bits per heavy atom. The number of carbonyl (C=O) groups is 4. The average Bonchev–Trinajstić information content (AvgIpc) is 3.35. The maximum Gasteiger partial charge on any atom is 0.315 e. The third-order valence-corrected chi connectivity index (χ3v) is 6.01. The molecule has 1 aliphatic heterocycles. The number of carbonyl (C=O) groups excluding carboxylic acids is 4. The number of likely N-dealkylation sites (tertiary alicyclic amines) is 1. The summed E-state index contributed by atoms with van der Waals surface area (Å²) in [6.45, 7) is 4.06. The smallest absolute Gasteiger partial charge is 0.315 e. The van der Waals surface area contributed by atoms with Crippen LogP contribution in [0.1, 0.15) is 11.3 Å². The number of primary amides is 1. The van der Waals surface area contributed by atoms with Crippen LogP contribution in [-0.4, -0.2) is 71.9 Å². The van der Waals surface area contributed by atoms with Crippen molar-refractivity contribution in [3.05, 3.63) is 35.0 Å². The summed E-state index contributed by atoms with van der Waals surface area (Å²) in [4.78, 5) is 51.7. The van der Waals surface area contributed by atoms with Crippen molar-refractivity contribution in [2.45, 2.75) is 31.0 Å². The van der Waals surface area contributed by atoms with E-state index in [2.05, 4.69) is 22.5 Å². The number of urea groups is 1. The first-order chi connectivity index (χ1) is 14.3. The first-order valence-corrected chi connectivity index (χ1v) is 11.7. The molecule has 0 aliphatic carbocycles. The topological polar surface area (TPSA) is 134 Å². The molecule has 9 nitrogen and oxygen atoms in total. The summed E-state index contributed by atoms with van der Waals surface area (Å²) in [5.41, 5.74) is 5.48. The van der Waals surface area contributed by atoms with Gasteiger partial charge in [0.25, 0.3) is 0 Å². The summed E-state index contributed by atoms with van der Waals surface area (Å²) in [7, 11) is 0. The van der Waals surface area contributed by atoms with E-state index in [4.69, 9.17) is 5.73 Å². The van der Waals surface area contributed by atoms with Gasteiger partial charge >= 0.3 is 6.03 Å². The molecule has 164 valence electrons. The fourth-order valence-corrected chi connectivity index (χ4v) is 4.36. The van der Waals surface area contributed by atoms with Crippen molar-refractivity contribution in [3.63, 3.8) is 0 Å². The van der Waals surface area contributed by atoms with Gasteiger partial charge in [-0.05, 0) is 24.1 Å². The van der Waals surface area contributed by atoms with Crippen LogP contribution in [-0.2, 0) is 20.8 Å². The fraction of sp³-hybridized carbons (Fsp3) is 0.474. The Kier molecular flexibility index (Phi) is 9.18. The van der Waals surface area contributed by atoms with Crippen molar-refractivity contribution in [2.75, 3.05) is 25.1 Å². The van der Waals surface area contributed by atoms with Crippen molar-refractivity contribution in [3.8, 4) is 0 Å². The number of amides is 5. The van der Waals surface area contributed by atoms with Crippen LogP contribution < -0.4 is 21.7 Å². The van der Waals surface area contributed by atoms with Crippen LogP contribution >= 0.6 is 23.1 Å². The molecule has 0 bridgehead atoms. The van der Waals surface area contributed by atoms with Gasteiger partial charge in [0, 0.05) is 24.4 Å². The predicted octanol–water partition coefficient (Wildman–Crippen LogP) is 0.0784. The molecule has 0 aromatic carbocycles. The lowest BCUT2D eigenvalue weighted by Gasteiger charge is -2.25. The summed E-state index contributed by atoms with van der Waals surface area (Å²) < 4.78 is 0. The van der Waals surface area contributed by atoms with E-state index in [0.717, 1.165) is 4.88 Å². The van der Waals surface area contributed by atoms with E-state index in [9.17, 15) is 19.2 Å². The first kappa shape index (κ1) is 23.7. The number of thioether (sulfide) groups is 1. The van der Waals surface area contributed by atoms with Crippen molar-refractivity contribution < 1.29 is 19.2 Å². The fourth-order valence-electron chi connectivity index (χ4n) is 3.19. The van der Waals surface area contributed by atoms with E-state index in [1.54, 1.807) is 12.3 Å². The van der Waals surface area contributed by atoms with E-state index in [1.165, 1.54) is 28.0 Å². The van der Waals surface area contributed by atoms with Crippen LogP contribution in [0.15, 0.2) is 30.2 Å². The van der Waals surface area contributed by atoms with E-state index >= 15 is 0 Å². The quantitative estimate of drug-likeness (QED) is 0.372. The summed E-state index contributed by atoms with van der Waals surface area (Å²) in [5, 5.41) is 9.94. The highest BCUT2D eigenvalue weighted by atomic mass is 32.2. The molecular formula is C19H27N5O4S2. The SMILES string of the molecule is C=CCNC(=O)N[C@H]1C[C@@H](C(=O)N[C@@H](Cc2cccs2)C(N)=O)N(C(=O)CSC)C1. The molecule has 3 atom stereocenters. The molecular weight excluding hydrogens is 426 g/mol. The third-order valence-electron chi connectivity index (χ3n) is 4.58. The lowest BCUT2D eigenvalue weighted by Crippen LogP contribution is -2.53. The van der Waals surface area contributed by atoms with E-state index in [1.807, 2.05) is 17.5 Å². The van der Waals surface area contributed by atoms with Gasteiger partial charge in [-0.25, -0.2) is 4.79 Å². The minimum Gasteiger partial charge on any atom is -0.368 e. The van der Waals surface area contributed by atoms with Gasteiger partial charge in [-0.15, -0.1) is 17.9 Å². The maximum absolute atomic E-state index is 13.0. The second kappa shape index (κ2) is 11.6. The number of nitrogens with two attached hydrogens (primary N) is 1. The second-order valence-electron chi connectivity index (χ2n) is 6.82. The summed E-state index contributed by atoms with van der Waals surface area (Å²) in [6, 6.07) is 1.26. The molecule has 1 saturated heterocycles. The number of rotatable bonds is 10. The number of hydrogen-bond acceptors (Lipinski definition) is 6. The number of thiophene rings is 1. The first-order valence-electron chi connectivity index (χ1n) is 9.41. The Hall–Kier alpha value is -2.53. The van der Waals surface area contributed by atoms with Gasteiger partial charge in [0.05, 0.1) is 11.8 Å². The van der Waals surface area contributed by atoms with Crippen molar-refractivity contribution in [1.29, 1.82) is 0 Å². The molecule has 2 heterocycles. The van der Waals surface area contributed by atoms with Crippen LogP contribution in [0.3, 0.4) is 0 Å². The van der Waals surface area contributed by atoms with E-state index in [0.29, 0.717) is 6.54 Å². The van der Waals surface area contributed by atoms with E-state index < -0.39 is 29.9 Å². The molecule has 1 fully saturated rings. The average molecular weight is 454 g/mol. The van der Waals surface area contributed by atoms with Crippen LogP contribution in [0.5, 0.6) is 0 Å². The molecule has 5 N–H and O–H groups in total. The van der Waals surface area contributed by atoms with Crippen LogP contribution in [0.2, 0.25) is 0 Å². The molecule has 5 amide bonds. The van der Waals surface area contributed by atoms with Gasteiger partial charge < -0.3 is 26.6 Å². The van der Waals surface area contributed by atoms with Crippen molar-refractivity contribution >= 4 is 46.9 Å². The van der Waals surface area contributed by atoms with Crippen molar-refractivity contribution in [2.24, 2.45) is 5.73 Å². The monoisotopic (exact) mass is 453 g/mol. The second-order valence-corrected chi connectivity index (χ2v) is 8.72. The highest BCUT2D eigenvalue weighted by Crippen LogP contribution is 2.20. The molecule has 0 spiro atoms. The summed E-state index contributed by atoms with van der Waals surface area (Å²) in [6.07, 6.45) is 3.88. The van der Waals surface area contributed by atoms with Gasteiger partial charge in [-0.3, -0.25) is 14.4 Å². The highest BCUT2D eigenvalue weighted by Gasteiger charge is 2.40. The van der Waals surface area contributed by atoms with Gasteiger partial charge in [0.15, 0.2) is 0 Å². The zero-order valence-corrected chi connectivity index (χ0v) is 18.4. The number of nitrogens with one attached hydrogen (secondary N) is 3. The van der Waals surface area contributed by atoms with Crippen molar-refractivity contribution in [1.82, 2.24) is 20.9 Å². The molecule has 30 heavy (non-hydrogen) atoms. The standard InChI is InChI=1S/C19H27N5O4S2/c1-3-6-21-19(28)22-12-8-15(24(10-12)16(25)11-29-2)18(27)23-14(17(20)26)9-13-5-4-7-30-13/h3-5,7,12,14-15H,1,6,8-11H2,2H3,(H2,20,26)(H,23,27)(H2,21,22,28)/t12-,14-,15-/m0/s1. The normalized spacial score (nSPS) is 19.0. The Bertz CT molecular complexity index is 771. The highest BCUT2D eigenvalue weighted by molar-refractivity contribution is 7.99. The molecule has 11 heteroatoms. The summed E-state index contributed by atoms with van der Waals surface area (Å²) >= 11 is 2.82. The number of hydrogen-bond donors (Lipinski definition) is 4. The van der Waals surface area contributed by atoms with Gasteiger partial charge in [0.1, 0.15) is 12.1 Å². The zero-order valence-electron chi connectivity index (χ0n) is 16.8. The van der Waals surface area contributed by atoms with Crippen LogP contribution in [0, 0.1) is 0 Å². The molecule has 0 saturated carbocycles. The largest absolute Gasteiger partial charge is 0.368 e. The Balaban J connectivity index is 2.07. The Morgan fingerprint density at radius 1 is 1.43 bits per heavy atom. The number of nitrogens with zero attached hydrogens (tertiary/aromatic N) is 1. The maximum atomic E-state index is 13.0. The lowest BCUT2D eigenvalue weighted by atomic mass is 10.1. The van der Waals surface area contributed by atoms with Crippen LogP contribution in [0.25, 0.3) is 0 Å². The molecule has 0 radical (unpaired) electrons. The van der Waals surface area contributed by atoms with Gasteiger partial charge in [-0.1, -0.05) is 12.1 Å². The molecule has 0 unspecified atom stereocenters. The predicted molar refractivity (Wildman–Crippen MR) is 118 cm³/mol. The van der Waals surface area contributed by atoms with Crippen LogP contribution in [0.4, 0.5) is 4.79 Å². The van der Waals surface area contributed by atoms with Gasteiger partial charge in [0.2, 0.25) is 17.7 Å². The molecule has 2 rings (SSSR count). The summed E-state index contributed by atoms with van der Waals surface area (Å²) in [5.74, 6) is -1.09. The molecule has 1 aliphatic rings. The third kappa shape index (κ3) is 6.77. The Labute approximate surface area is 183 Å². The molecule has 1 aromatic rings. The minimum absolute atomic E-state index is 0.202. The lowest BCUT2D eigenvalue weighted by molar-refractivity contribution is -0.137. The minimum atomic E-state index is -0.878. The van der Waals surface area contributed by atoms with E-state index in [-0.39, 0.29) is 37.1 Å². The van der Waals surface area contributed by atoms with Gasteiger partial charge in [-0.2, -0.15) is 11.8 Å².